The summed E-state index contributed by atoms with van der Waals surface area (Å²) in [6.45, 7) is 2.15. The van der Waals surface area contributed by atoms with Gasteiger partial charge in [0.05, 0.1) is 19.1 Å². The maximum Gasteiger partial charge on any atom is 0.246 e. The van der Waals surface area contributed by atoms with Gasteiger partial charge in [-0.15, -0.1) is 0 Å². The van der Waals surface area contributed by atoms with E-state index in [4.69, 9.17) is 18.9 Å². The van der Waals surface area contributed by atoms with Crippen molar-refractivity contribution in [2.24, 2.45) is 0 Å². The van der Waals surface area contributed by atoms with Crippen LogP contribution in [0.2, 0.25) is 0 Å². The van der Waals surface area contributed by atoms with Crippen LogP contribution >= 0.6 is 0 Å². The number of likely N-dealkylation sites (tertiary alicyclic amines) is 1. The van der Waals surface area contributed by atoms with Crippen molar-refractivity contribution < 1.29 is 28.5 Å². The van der Waals surface area contributed by atoms with Crippen molar-refractivity contribution in [2.75, 3.05) is 33.4 Å². The molecule has 7 nitrogen and oxygen atoms in total. The van der Waals surface area contributed by atoms with E-state index in [0.29, 0.717) is 68.4 Å². The van der Waals surface area contributed by atoms with Crippen LogP contribution in [0.25, 0.3) is 6.08 Å². The monoisotopic (exact) mass is 435 g/mol. The maximum atomic E-state index is 12.7. The molecule has 166 valence electrons. The Balaban J connectivity index is 1.23. The molecule has 0 radical (unpaired) electrons. The van der Waals surface area contributed by atoms with E-state index in [1.807, 2.05) is 18.2 Å². The SMILES string of the molecule is COc1ccc2c(c1)OC1(CCN(C(=O)/C=C\c3ccc4c(c3)OCCO4)CC1)CC2=O. The minimum Gasteiger partial charge on any atom is -0.497 e. The van der Waals surface area contributed by atoms with Gasteiger partial charge >= 0.3 is 0 Å². The van der Waals surface area contributed by atoms with Crippen LogP contribution in [0.5, 0.6) is 23.0 Å². The van der Waals surface area contributed by atoms with Crippen LogP contribution in [-0.2, 0) is 4.79 Å². The van der Waals surface area contributed by atoms with Crippen molar-refractivity contribution >= 4 is 17.8 Å². The van der Waals surface area contributed by atoms with Gasteiger partial charge in [0.25, 0.3) is 0 Å². The molecule has 0 aromatic heterocycles. The number of Topliss-reactive ketones (excluding diaryl/α,β-unsaturated/α-hetero) is 1. The highest BCUT2D eigenvalue weighted by Crippen LogP contribution is 2.40. The van der Waals surface area contributed by atoms with Crippen LogP contribution in [0.15, 0.2) is 42.5 Å². The van der Waals surface area contributed by atoms with Gasteiger partial charge in [0, 0.05) is 38.1 Å². The van der Waals surface area contributed by atoms with E-state index in [1.165, 1.54) is 0 Å². The Morgan fingerprint density at radius 3 is 2.59 bits per heavy atom. The van der Waals surface area contributed by atoms with Gasteiger partial charge in [-0.1, -0.05) is 6.07 Å². The molecule has 0 saturated carbocycles. The fourth-order valence-corrected chi connectivity index (χ4v) is 4.45. The predicted octanol–water partition coefficient (Wildman–Crippen LogP) is 3.51. The first kappa shape index (κ1) is 20.4. The van der Waals surface area contributed by atoms with Gasteiger partial charge in [0.15, 0.2) is 17.3 Å². The smallest absolute Gasteiger partial charge is 0.246 e. The minimum atomic E-state index is -0.563. The third-order valence-electron chi connectivity index (χ3n) is 6.27. The summed E-state index contributed by atoms with van der Waals surface area (Å²) in [5, 5.41) is 0. The van der Waals surface area contributed by atoms with E-state index in [0.717, 1.165) is 11.3 Å². The fraction of sp³-hybridized carbons (Fsp3) is 0.360. The van der Waals surface area contributed by atoms with E-state index in [-0.39, 0.29) is 11.7 Å². The molecule has 3 aliphatic rings. The van der Waals surface area contributed by atoms with Crippen molar-refractivity contribution in [1.29, 1.82) is 0 Å². The quantitative estimate of drug-likeness (QED) is 0.687. The van der Waals surface area contributed by atoms with E-state index in [9.17, 15) is 9.59 Å². The fourth-order valence-electron chi connectivity index (χ4n) is 4.45. The van der Waals surface area contributed by atoms with E-state index in [2.05, 4.69) is 0 Å². The number of nitrogens with zero attached hydrogens (tertiary/aromatic N) is 1. The number of rotatable bonds is 3. The Bertz CT molecular complexity index is 1080. The molecule has 1 fully saturated rings. The van der Waals surface area contributed by atoms with Crippen LogP contribution in [0.1, 0.15) is 35.2 Å². The highest BCUT2D eigenvalue weighted by Gasteiger charge is 2.43. The molecule has 0 unspecified atom stereocenters. The molecule has 3 heterocycles. The second-order valence-electron chi connectivity index (χ2n) is 8.31. The van der Waals surface area contributed by atoms with Crippen LogP contribution < -0.4 is 18.9 Å². The average Bonchev–Trinajstić information content (AvgIpc) is 2.82. The number of ether oxygens (including phenoxy) is 4. The molecule has 32 heavy (non-hydrogen) atoms. The second kappa shape index (κ2) is 8.22. The number of carbonyl (C=O) groups excluding carboxylic acids is 2. The number of carbonyl (C=O) groups is 2. The van der Waals surface area contributed by atoms with Crippen molar-refractivity contribution in [2.45, 2.75) is 24.9 Å². The van der Waals surface area contributed by atoms with Gasteiger partial charge < -0.3 is 23.8 Å². The molecule has 7 heteroatoms. The number of methoxy groups -OCH3 is 1. The highest BCUT2D eigenvalue weighted by atomic mass is 16.6. The molecule has 1 amide bonds. The zero-order valence-electron chi connectivity index (χ0n) is 18.0. The molecular formula is C25H25NO6. The first-order chi connectivity index (χ1) is 15.5. The number of amides is 1. The summed E-state index contributed by atoms with van der Waals surface area (Å²) in [5.41, 5.74) is 0.910. The topological polar surface area (TPSA) is 74.3 Å². The number of fused-ring (bicyclic) bond motifs is 2. The van der Waals surface area contributed by atoms with Crippen LogP contribution in [-0.4, -0.2) is 55.6 Å². The molecule has 1 saturated heterocycles. The second-order valence-corrected chi connectivity index (χ2v) is 8.31. The van der Waals surface area contributed by atoms with Crippen molar-refractivity contribution in [3.8, 4) is 23.0 Å². The lowest BCUT2D eigenvalue weighted by molar-refractivity contribution is -0.129. The Kier molecular flexibility index (Phi) is 5.25. The van der Waals surface area contributed by atoms with Gasteiger partial charge in [-0.05, 0) is 35.9 Å². The Morgan fingerprint density at radius 2 is 1.81 bits per heavy atom. The number of piperidine rings is 1. The van der Waals surface area contributed by atoms with Crippen molar-refractivity contribution in [1.82, 2.24) is 4.90 Å². The highest BCUT2D eigenvalue weighted by molar-refractivity contribution is 6.00. The summed E-state index contributed by atoms with van der Waals surface area (Å²) in [5.74, 6) is 2.67. The van der Waals surface area contributed by atoms with Gasteiger partial charge in [0.1, 0.15) is 30.3 Å². The Labute approximate surface area is 186 Å². The molecule has 3 aliphatic heterocycles. The zero-order valence-corrected chi connectivity index (χ0v) is 18.0. The summed E-state index contributed by atoms with van der Waals surface area (Å²) in [6, 6.07) is 10.9. The number of hydrogen-bond acceptors (Lipinski definition) is 6. The lowest BCUT2D eigenvalue weighted by Gasteiger charge is -2.43. The standard InChI is InChI=1S/C25H25NO6/c1-29-18-4-5-19-20(27)16-25(32-22(19)15-18)8-10-26(11-9-25)24(28)7-3-17-2-6-21-23(14-17)31-13-12-30-21/h2-7,14-15H,8-13,16H2,1H3/b7-3-. The van der Waals surface area contributed by atoms with Gasteiger partial charge in [0.2, 0.25) is 5.91 Å². The van der Waals surface area contributed by atoms with Crippen LogP contribution in [0.4, 0.5) is 0 Å². The van der Waals surface area contributed by atoms with E-state index in [1.54, 1.807) is 42.4 Å². The number of ketones is 1. The summed E-state index contributed by atoms with van der Waals surface area (Å²) < 4.78 is 22.7. The summed E-state index contributed by atoms with van der Waals surface area (Å²) in [7, 11) is 1.59. The lowest BCUT2D eigenvalue weighted by atomic mass is 9.82. The third kappa shape index (κ3) is 3.90. The summed E-state index contributed by atoms with van der Waals surface area (Å²) in [6.07, 6.45) is 4.92. The molecule has 0 aliphatic carbocycles. The summed E-state index contributed by atoms with van der Waals surface area (Å²) >= 11 is 0. The predicted molar refractivity (Wildman–Crippen MR) is 118 cm³/mol. The molecular weight excluding hydrogens is 410 g/mol. The average molecular weight is 435 g/mol. The minimum absolute atomic E-state index is 0.0565. The van der Waals surface area contributed by atoms with Crippen LogP contribution in [0.3, 0.4) is 0 Å². The number of hydrogen-bond donors (Lipinski definition) is 0. The first-order valence-electron chi connectivity index (χ1n) is 10.8. The van der Waals surface area contributed by atoms with E-state index >= 15 is 0 Å². The lowest BCUT2D eigenvalue weighted by Crippen LogP contribution is -2.52. The molecule has 1 spiro atoms. The molecule has 0 N–H and O–H groups in total. The van der Waals surface area contributed by atoms with Gasteiger partial charge in [-0.25, -0.2) is 0 Å². The first-order valence-corrected chi connectivity index (χ1v) is 10.8. The number of benzene rings is 2. The Morgan fingerprint density at radius 1 is 1.03 bits per heavy atom. The van der Waals surface area contributed by atoms with E-state index < -0.39 is 5.60 Å². The largest absolute Gasteiger partial charge is 0.497 e. The maximum absolute atomic E-state index is 12.7. The molecule has 2 aromatic carbocycles. The third-order valence-corrected chi connectivity index (χ3v) is 6.27. The van der Waals surface area contributed by atoms with Crippen molar-refractivity contribution in [3.63, 3.8) is 0 Å². The zero-order chi connectivity index (χ0) is 22.1. The Hall–Kier alpha value is -3.48. The normalized spacial score (nSPS) is 18.9. The molecule has 0 bridgehead atoms. The van der Waals surface area contributed by atoms with Gasteiger partial charge in [-0.2, -0.15) is 0 Å². The van der Waals surface area contributed by atoms with Crippen molar-refractivity contribution in [3.05, 3.63) is 53.6 Å². The summed E-state index contributed by atoms with van der Waals surface area (Å²) in [4.78, 5) is 27.2. The van der Waals surface area contributed by atoms with Gasteiger partial charge in [-0.3, -0.25) is 9.59 Å². The van der Waals surface area contributed by atoms with Crippen LogP contribution in [0, 0.1) is 0 Å². The molecule has 5 rings (SSSR count). The molecule has 2 aromatic rings. The molecule has 0 atom stereocenters.